The van der Waals surface area contributed by atoms with E-state index in [4.69, 9.17) is 4.52 Å². The minimum Gasteiger partial charge on any atom is -0.362 e. The highest BCUT2D eigenvalue weighted by atomic mass is 19.4. The van der Waals surface area contributed by atoms with Crippen LogP contribution in [0.25, 0.3) is 11.4 Å². The average molecular weight is 347 g/mol. The second-order valence-electron chi connectivity index (χ2n) is 4.38. The number of alkyl halides is 3. The standard InChI is InChI=1S/C12H10F3N3O4.C2H6/c1-7-2-3-8(4-9(7)18(19)20)11-16-10(22-17-11)5-21-6-12(13,14)15;1-2/h2-4H,5-6H2,1H3;1-2H3. The molecule has 0 atom stereocenters. The summed E-state index contributed by atoms with van der Waals surface area (Å²) in [6.45, 7) is 3.65. The lowest BCUT2D eigenvalue weighted by Gasteiger charge is -2.04. The van der Waals surface area contributed by atoms with E-state index in [0.717, 1.165) is 0 Å². The van der Waals surface area contributed by atoms with Crippen molar-refractivity contribution >= 4 is 5.69 Å². The van der Waals surface area contributed by atoms with Gasteiger partial charge < -0.3 is 9.26 Å². The van der Waals surface area contributed by atoms with Gasteiger partial charge in [-0.15, -0.1) is 0 Å². The highest BCUT2D eigenvalue weighted by Gasteiger charge is 2.27. The van der Waals surface area contributed by atoms with E-state index in [9.17, 15) is 23.3 Å². The molecule has 0 radical (unpaired) electrons. The predicted molar refractivity (Wildman–Crippen MR) is 78.2 cm³/mol. The highest BCUT2D eigenvalue weighted by Crippen LogP contribution is 2.25. The lowest BCUT2D eigenvalue weighted by atomic mass is 10.1. The van der Waals surface area contributed by atoms with Crippen LogP contribution in [0.5, 0.6) is 0 Å². The Kier molecular flexibility index (Phi) is 6.83. The first-order chi connectivity index (χ1) is 11.3. The molecule has 10 heteroatoms. The third kappa shape index (κ3) is 5.61. The first kappa shape index (κ1) is 19.6. The molecule has 0 saturated heterocycles. The number of aromatic nitrogens is 2. The Morgan fingerprint density at radius 2 is 2.00 bits per heavy atom. The van der Waals surface area contributed by atoms with Crippen molar-refractivity contribution in [1.29, 1.82) is 0 Å². The SMILES string of the molecule is CC.Cc1ccc(-c2noc(COCC(F)(F)F)n2)cc1[N+](=O)[O-]. The van der Waals surface area contributed by atoms with Gasteiger partial charge in [-0.3, -0.25) is 10.1 Å². The van der Waals surface area contributed by atoms with Crippen LogP contribution in [-0.4, -0.2) is 27.8 Å². The number of halogens is 3. The van der Waals surface area contributed by atoms with Crippen LogP contribution in [-0.2, 0) is 11.3 Å². The van der Waals surface area contributed by atoms with Gasteiger partial charge in [-0.1, -0.05) is 31.1 Å². The molecule has 2 aromatic rings. The van der Waals surface area contributed by atoms with Crippen molar-refractivity contribution in [3.63, 3.8) is 0 Å². The quantitative estimate of drug-likeness (QED) is 0.598. The summed E-state index contributed by atoms with van der Waals surface area (Å²) in [4.78, 5) is 14.1. The van der Waals surface area contributed by atoms with Gasteiger partial charge in [-0.05, 0) is 6.92 Å². The molecule has 2 rings (SSSR count). The number of benzene rings is 1. The van der Waals surface area contributed by atoms with Crippen LogP contribution in [0.15, 0.2) is 22.7 Å². The van der Waals surface area contributed by atoms with Gasteiger partial charge in [0, 0.05) is 17.2 Å². The van der Waals surface area contributed by atoms with Crippen LogP contribution < -0.4 is 0 Å². The van der Waals surface area contributed by atoms with E-state index in [2.05, 4.69) is 14.9 Å². The van der Waals surface area contributed by atoms with Crippen molar-refractivity contribution in [3.8, 4) is 11.4 Å². The van der Waals surface area contributed by atoms with Gasteiger partial charge in [0.05, 0.1) is 4.92 Å². The molecule has 0 aliphatic carbocycles. The summed E-state index contributed by atoms with van der Waals surface area (Å²) in [6, 6.07) is 4.33. The predicted octanol–water partition coefficient (Wildman–Crippen LogP) is 4.06. The Balaban J connectivity index is 0.00000139. The van der Waals surface area contributed by atoms with Crippen LogP contribution >= 0.6 is 0 Å². The maximum Gasteiger partial charge on any atom is 0.411 e. The Labute approximate surface area is 135 Å². The van der Waals surface area contributed by atoms with Gasteiger partial charge >= 0.3 is 6.18 Å². The normalized spacial score (nSPS) is 10.9. The van der Waals surface area contributed by atoms with Crippen LogP contribution in [0, 0.1) is 17.0 Å². The lowest BCUT2D eigenvalue weighted by molar-refractivity contribution is -0.385. The Hall–Kier alpha value is -2.49. The molecule has 1 heterocycles. The summed E-state index contributed by atoms with van der Waals surface area (Å²) < 4.78 is 44.9. The van der Waals surface area contributed by atoms with Crippen LogP contribution in [0.4, 0.5) is 18.9 Å². The molecule has 0 bridgehead atoms. The molecule has 7 nitrogen and oxygen atoms in total. The molecule has 0 saturated carbocycles. The third-order valence-corrected chi connectivity index (χ3v) is 2.62. The molecule has 0 amide bonds. The van der Waals surface area contributed by atoms with Crippen molar-refractivity contribution < 1.29 is 27.4 Å². The molecule has 24 heavy (non-hydrogen) atoms. The fraction of sp³-hybridized carbons (Fsp3) is 0.429. The monoisotopic (exact) mass is 347 g/mol. The molecule has 0 spiro atoms. The largest absolute Gasteiger partial charge is 0.411 e. The fourth-order valence-corrected chi connectivity index (χ4v) is 1.63. The smallest absolute Gasteiger partial charge is 0.362 e. The van der Waals surface area contributed by atoms with Crippen molar-refractivity contribution in [2.24, 2.45) is 0 Å². The number of rotatable bonds is 5. The second-order valence-corrected chi connectivity index (χ2v) is 4.38. The number of hydrogen-bond acceptors (Lipinski definition) is 6. The molecule has 0 fully saturated rings. The molecule has 0 N–H and O–H groups in total. The van der Waals surface area contributed by atoms with E-state index >= 15 is 0 Å². The number of nitrogens with zero attached hydrogens (tertiary/aromatic N) is 3. The van der Waals surface area contributed by atoms with Gasteiger partial charge in [0.25, 0.3) is 11.6 Å². The summed E-state index contributed by atoms with van der Waals surface area (Å²) in [5, 5.41) is 14.4. The fourth-order valence-electron chi connectivity index (χ4n) is 1.63. The maximum atomic E-state index is 11.9. The van der Waals surface area contributed by atoms with Crippen LogP contribution in [0.1, 0.15) is 25.3 Å². The number of ether oxygens (including phenoxy) is 1. The topological polar surface area (TPSA) is 91.3 Å². The zero-order valence-corrected chi connectivity index (χ0v) is 13.3. The summed E-state index contributed by atoms with van der Waals surface area (Å²) in [5.74, 6) is -0.115. The lowest BCUT2D eigenvalue weighted by Crippen LogP contribution is -2.16. The van der Waals surface area contributed by atoms with E-state index in [1.807, 2.05) is 13.8 Å². The van der Waals surface area contributed by atoms with Crippen LogP contribution in [0.3, 0.4) is 0 Å². The first-order valence-corrected chi connectivity index (χ1v) is 6.99. The third-order valence-electron chi connectivity index (χ3n) is 2.62. The maximum absolute atomic E-state index is 11.9. The van der Waals surface area contributed by atoms with Crippen molar-refractivity contribution in [2.45, 2.75) is 33.6 Å². The average Bonchev–Trinajstić information content (AvgIpc) is 2.97. The number of nitro benzene ring substituents is 1. The van der Waals surface area contributed by atoms with E-state index < -0.39 is 24.3 Å². The summed E-state index contributed by atoms with van der Waals surface area (Å²) in [5.41, 5.74) is 0.672. The second kappa shape index (κ2) is 8.39. The molecular formula is C14H16F3N3O4. The zero-order chi connectivity index (χ0) is 18.3. The minimum atomic E-state index is -4.44. The van der Waals surface area contributed by atoms with Crippen molar-refractivity contribution in [1.82, 2.24) is 10.1 Å². The Morgan fingerprint density at radius 3 is 2.58 bits per heavy atom. The number of nitro groups is 1. The van der Waals surface area contributed by atoms with Gasteiger partial charge in [-0.25, -0.2) is 0 Å². The zero-order valence-electron chi connectivity index (χ0n) is 13.3. The van der Waals surface area contributed by atoms with Crippen molar-refractivity contribution in [3.05, 3.63) is 39.8 Å². The summed E-state index contributed by atoms with van der Waals surface area (Å²) >= 11 is 0. The first-order valence-electron chi connectivity index (χ1n) is 6.99. The van der Waals surface area contributed by atoms with E-state index in [-0.39, 0.29) is 17.4 Å². The Bertz CT molecular complexity index is 686. The molecule has 0 aliphatic rings. The Morgan fingerprint density at radius 1 is 1.33 bits per heavy atom. The summed E-state index contributed by atoms with van der Waals surface area (Å²) in [6.07, 6.45) is -4.44. The van der Waals surface area contributed by atoms with Gasteiger partial charge in [0.1, 0.15) is 13.2 Å². The van der Waals surface area contributed by atoms with E-state index in [1.54, 1.807) is 13.0 Å². The summed E-state index contributed by atoms with van der Waals surface area (Å²) in [7, 11) is 0. The molecule has 1 aromatic carbocycles. The molecule has 0 aliphatic heterocycles. The van der Waals surface area contributed by atoms with Crippen molar-refractivity contribution in [2.75, 3.05) is 6.61 Å². The molecule has 132 valence electrons. The minimum absolute atomic E-state index is 0.0358. The van der Waals surface area contributed by atoms with Gasteiger partial charge in [-0.2, -0.15) is 18.2 Å². The molecular weight excluding hydrogens is 331 g/mol. The molecule has 1 aromatic heterocycles. The highest BCUT2D eigenvalue weighted by molar-refractivity contribution is 5.60. The van der Waals surface area contributed by atoms with E-state index in [1.165, 1.54) is 12.1 Å². The molecule has 0 unspecified atom stereocenters. The van der Waals surface area contributed by atoms with Gasteiger partial charge in [0.2, 0.25) is 5.82 Å². The number of hydrogen-bond donors (Lipinski definition) is 0. The number of aryl methyl sites for hydroxylation is 1. The van der Waals surface area contributed by atoms with Gasteiger partial charge in [0.15, 0.2) is 0 Å². The van der Waals surface area contributed by atoms with E-state index in [0.29, 0.717) is 11.1 Å². The van der Waals surface area contributed by atoms with Crippen LogP contribution in [0.2, 0.25) is 0 Å².